The van der Waals surface area contributed by atoms with Gasteiger partial charge in [0.2, 0.25) is 0 Å². The van der Waals surface area contributed by atoms with Crippen LogP contribution in [-0.2, 0) is 0 Å². The van der Waals surface area contributed by atoms with E-state index in [2.05, 4.69) is 12.2 Å². The summed E-state index contributed by atoms with van der Waals surface area (Å²) < 4.78 is 0. The van der Waals surface area contributed by atoms with Crippen molar-refractivity contribution in [2.75, 3.05) is 11.9 Å². The molecule has 0 amide bonds. The third-order valence-corrected chi connectivity index (χ3v) is 2.92. The summed E-state index contributed by atoms with van der Waals surface area (Å²) in [5.41, 5.74) is 1.91. The lowest BCUT2D eigenvalue weighted by Gasteiger charge is -2.16. The molecule has 0 spiro atoms. The second-order valence-corrected chi connectivity index (χ2v) is 3.69. The number of hydrogen-bond donors (Lipinski definition) is 3. The van der Waals surface area contributed by atoms with E-state index in [1.54, 1.807) is 6.07 Å². The van der Waals surface area contributed by atoms with Crippen molar-refractivity contribution in [3.05, 3.63) is 23.8 Å². The molecule has 0 fully saturated rings. The van der Waals surface area contributed by atoms with Crippen LogP contribution in [0.15, 0.2) is 18.2 Å². The van der Waals surface area contributed by atoms with Crippen molar-refractivity contribution in [2.24, 2.45) is 0 Å². The molecule has 1 aromatic rings. The van der Waals surface area contributed by atoms with E-state index in [1.165, 1.54) is 0 Å². The van der Waals surface area contributed by atoms with Gasteiger partial charge in [-0.25, -0.2) is 0 Å². The zero-order valence-corrected chi connectivity index (χ0v) is 8.20. The topological polar surface area (TPSA) is 52.5 Å². The van der Waals surface area contributed by atoms with Gasteiger partial charge in [-0.3, -0.25) is 0 Å². The Balaban J connectivity index is 2.43. The van der Waals surface area contributed by atoms with Crippen LogP contribution in [0.4, 0.5) is 5.69 Å². The largest absolute Gasteiger partial charge is 0.508 e. The van der Waals surface area contributed by atoms with Crippen LogP contribution in [0.1, 0.15) is 24.8 Å². The Hall–Kier alpha value is -1.22. The van der Waals surface area contributed by atoms with E-state index in [0.717, 1.165) is 17.7 Å². The monoisotopic (exact) mass is 193 g/mol. The Labute approximate surface area is 83.4 Å². The van der Waals surface area contributed by atoms with Crippen molar-refractivity contribution >= 4 is 5.69 Å². The van der Waals surface area contributed by atoms with Gasteiger partial charge in [0, 0.05) is 17.2 Å². The number of benzene rings is 1. The second kappa shape index (κ2) is 3.50. The van der Waals surface area contributed by atoms with Gasteiger partial charge >= 0.3 is 0 Å². The molecule has 2 rings (SSSR count). The fourth-order valence-corrected chi connectivity index (χ4v) is 2.23. The van der Waals surface area contributed by atoms with E-state index in [4.69, 9.17) is 0 Å². The second-order valence-electron chi connectivity index (χ2n) is 3.69. The Morgan fingerprint density at radius 2 is 2.21 bits per heavy atom. The highest BCUT2D eigenvalue weighted by atomic mass is 16.3. The van der Waals surface area contributed by atoms with Gasteiger partial charge in [-0.15, -0.1) is 0 Å². The molecule has 0 radical (unpaired) electrons. The molecule has 0 bridgehead atoms. The molecule has 2 atom stereocenters. The number of aliphatic hydroxyl groups is 1. The van der Waals surface area contributed by atoms with E-state index >= 15 is 0 Å². The fraction of sp³-hybridized carbons (Fsp3) is 0.455. The molecule has 0 saturated carbocycles. The quantitative estimate of drug-likeness (QED) is 0.669. The van der Waals surface area contributed by atoms with Crippen LogP contribution in [0.3, 0.4) is 0 Å². The number of hydrogen-bond acceptors (Lipinski definition) is 3. The highest BCUT2D eigenvalue weighted by Gasteiger charge is 2.32. The number of nitrogens with one attached hydrogen (secondary N) is 1. The minimum Gasteiger partial charge on any atom is -0.508 e. The van der Waals surface area contributed by atoms with Gasteiger partial charge in [0.15, 0.2) is 0 Å². The first kappa shape index (κ1) is 9.34. The van der Waals surface area contributed by atoms with Gasteiger partial charge < -0.3 is 15.5 Å². The molecule has 3 heteroatoms. The predicted molar refractivity (Wildman–Crippen MR) is 55.6 cm³/mol. The third-order valence-electron chi connectivity index (χ3n) is 2.92. The number of fused-ring (bicyclic) bond motifs is 1. The lowest BCUT2D eigenvalue weighted by Crippen LogP contribution is -2.24. The molecule has 0 saturated heterocycles. The van der Waals surface area contributed by atoms with E-state index in [9.17, 15) is 10.2 Å². The normalized spacial score (nSPS) is 24.4. The highest BCUT2D eigenvalue weighted by molar-refractivity contribution is 5.64. The van der Waals surface area contributed by atoms with Crippen molar-refractivity contribution in [3.63, 3.8) is 0 Å². The first-order valence-electron chi connectivity index (χ1n) is 4.97. The van der Waals surface area contributed by atoms with E-state index in [0.29, 0.717) is 5.75 Å². The Kier molecular flexibility index (Phi) is 2.33. The summed E-state index contributed by atoms with van der Waals surface area (Å²) in [6, 6.07) is 5.49. The summed E-state index contributed by atoms with van der Waals surface area (Å²) >= 11 is 0. The zero-order chi connectivity index (χ0) is 10.1. The summed E-state index contributed by atoms with van der Waals surface area (Å²) in [6.07, 6.45) is 0.919. The van der Waals surface area contributed by atoms with Crippen LogP contribution in [-0.4, -0.2) is 22.9 Å². The van der Waals surface area contributed by atoms with E-state index < -0.39 is 0 Å². The molecular formula is C11H15NO2. The summed E-state index contributed by atoms with van der Waals surface area (Å²) in [4.78, 5) is 0. The van der Waals surface area contributed by atoms with Crippen LogP contribution < -0.4 is 5.32 Å². The van der Waals surface area contributed by atoms with Crippen molar-refractivity contribution in [1.82, 2.24) is 0 Å². The summed E-state index contributed by atoms with van der Waals surface area (Å²) in [5.74, 6) is 0.550. The molecular weight excluding hydrogens is 178 g/mol. The van der Waals surface area contributed by atoms with Crippen LogP contribution in [0.5, 0.6) is 5.75 Å². The van der Waals surface area contributed by atoms with Crippen molar-refractivity contribution in [2.45, 2.75) is 25.3 Å². The van der Waals surface area contributed by atoms with Gasteiger partial charge in [-0.05, 0) is 18.6 Å². The summed E-state index contributed by atoms with van der Waals surface area (Å²) in [7, 11) is 0. The maximum atomic E-state index is 9.72. The minimum absolute atomic E-state index is 0.0447. The van der Waals surface area contributed by atoms with Crippen LogP contribution in [0.2, 0.25) is 0 Å². The molecule has 76 valence electrons. The standard InChI is InChI=1S/C11H15NO2/c1-2-7-9(6-13)12-8-4-3-5-10(14)11(7)8/h3-5,7,9,12-14H,2,6H2,1H3. The van der Waals surface area contributed by atoms with Crippen LogP contribution in [0, 0.1) is 0 Å². The summed E-state index contributed by atoms with van der Waals surface area (Å²) in [5, 5.41) is 22.1. The Morgan fingerprint density at radius 1 is 1.43 bits per heavy atom. The molecule has 14 heavy (non-hydrogen) atoms. The molecule has 2 unspecified atom stereocenters. The lowest BCUT2D eigenvalue weighted by atomic mass is 9.92. The molecule has 0 aromatic heterocycles. The van der Waals surface area contributed by atoms with Crippen molar-refractivity contribution in [3.8, 4) is 5.75 Å². The number of phenols is 1. The maximum Gasteiger partial charge on any atom is 0.121 e. The molecule has 1 aliphatic rings. The van der Waals surface area contributed by atoms with Crippen molar-refractivity contribution < 1.29 is 10.2 Å². The molecule has 0 aliphatic carbocycles. The third kappa shape index (κ3) is 1.24. The number of rotatable bonds is 2. The van der Waals surface area contributed by atoms with Gasteiger partial charge in [0.25, 0.3) is 0 Å². The molecule has 1 aromatic carbocycles. The van der Waals surface area contributed by atoms with Crippen LogP contribution in [0.25, 0.3) is 0 Å². The van der Waals surface area contributed by atoms with E-state index in [1.807, 2.05) is 12.1 Å². The zero-order valence-electron chi connectivity index (χ0n) is 8.20. The Morgan fingerprint density at radius 3 is 2.86 bits per heavy atom. The van der Waals surface area contributed by atoms with E-state index in [-0.39, 0.29) is 18.6 Å². The van der Waals surface area contributed by atoms with Gasteiger partial charge in [0.05, 0.1) is 12.6 Å². The average Bonchev–Trinajstić information content (AvgIpc) is 2.56. The SMILES string of the molecule is CCC1c2c(O)cccc2NC1CO. The fourth-order valence-electron chi connectivity index (χ4n) is 2.23. The van der Waals surface area contributed by atoms with Crippen molar-refractivity contribution in [1.29, 1.82) is 0 Å². The molecule has 1 aliphatic heterocycles. The number of aromatic hydroxyl groups is 1. The number of phenolic OH excluding ortho intramolecular Hbond substituents is 1. The number of anilines is 1. The molecule has 3 N–H and O–H groups in total. The van der Waals surface area contributed by atoms with Gasteiger partial charge in [-0.1, -0.05) is 13.0 Å². The maximum absolute atomic E-state index is 9.72. The van der Waals surface area contributed by atoms with Crippen LogP contribution >= 0.6 is 0 Å². The minimum atomic E-state index is 0.0447. The molecule has 1 heterocycles. The number of aliphatic hydroxyl groups excluding tert-OH is 1. The molecule has 3 nitrogen and oxygen atoms in total. The lowest BCUT2D eigenvalue weighted by molar-refractivity contribution is 0.260. The van der Waals surface area contributed by atoms with Gasteiger partial charge in [0.1, 0.15) is 5.75 Å². The first-order chi connectivity index (χ1) is 6.77. The Bertz CT molecular complexity index is 338. The highest BCUT2D eigenvalue weighted by Crippen LogP contribution is 2.42. The van der Waals surface area contributed by atoms with Gasteiger partial charge in [-0.2, -0.15) is 0 Å². The average molecular weight is 193 g/mol. The summed E-state index contributed by atoms with van der Waals surface area (Å²) in [6.45, 7) is 2.17. The smallest absolute Gasteiger partial charge is 0.121 e. The predicted octanol–water partition coefficient (Wildman–Crippen LogP) is 1.67. The first-order valence-corrected chi connectivity index (χ1v) is 4.97.